The maximum absolute atomic E-state index is 12.3. The van der Waals surface area contributed by atoms with Gasteiger partial charge in [0.15, 0.2) is 0 Å². The van der Waals surface area contributed by atoms with E-state index in [-0.39, 0.29) is 11.9 Å². The zero-order valence-corrected chi connectivity index (χ0v) is 13.4. The number of aromatic nitrogens is 4. The second-order valence-corrected chi connectivity index (χ2v) is 5.51. The highest BCUT2D eigenvalue weighted by Gasteiger charge is 2.20. The lowest BCUT2D eigenvalue weighted by atomic mass is 10.1. The number of hydrogen-bond acceptors (Lipinski definition) is 3. The summed E-state index contributed by atoms with van der Waals surface area (Å²) in [6.45, 7) is 8.52. The molecule has 1 amide bonds. The molecule has 2 unspecified atom stereocenters. The van der Waals surface area contributed by atoms with Gasteiger partial charge in [-0.2, -0.15) is 10.2 Å². The predicted molar refractivity (Wildman–Crippen MR) is 81.1 cm³/mol. The highest BCUT2D eigenvalue weighted by Crippen LogP contribution is 2.18. The van der Waals surface area contributed by atoms with Crippen molar-refractivity contribution in [2.75, 3.05) is 0 Å². The fourth-order valence-corrected chi connectivity index (χ4v) is 2.32. The van der Waals surface area contributed by atoms with Crippen molar-refractivity contribution in [3.05, 3.63) is 34.9 Å². The van der Waals surface area contributed by atoms with Crippen LogP contribution in [-0.4, -0.2) is 25.5 Å². The summed E-state index contributed by atoms with van der Waals surface area (Å²) in [5.41, 5.74) is 1.95. The van der Waals surface area contributed by atoms with E-state index in [0.29, 0.717) is 5.02 Å². The second kappa shape index (κ2) is 6.30. The van der Waals surface area contributed by atoms with Crippen LogP contribution in [0.3, 0.4) is 0 Å². The molecule has 0 radical (unpaired) electrons. The number of carbonyl (C=O) groups excluding carboxylic acids is 1. The van der Waals surface area contributed by atoms with Gasteiger partial charge in [0.05, 0.1) is 23.0 Å². The topological polar surface area (TPSA) is 64.7 Å². The summed E-state index contributed by atoms with van der Waals surface area (Å²) in [6.07, 6.45) is 5.12. The lowest BCUT2D eigenvalue weighted by Gasteiger charge is -2.17. The van der Waals surface area contributed by atoms with Crippen molar-refractivity contribution >= 4 is 17.5 Å². The molecule has 2 atom stereocenters. The van der Waals surface area contributed by atoms with Crippen LogP contribution in [0.15, 0.2) is 18.6 Å². The number of halogens is 1. The molecule has 1 N–H and O–H groups in total. The van der Waals surface area contributed by atoms with Crippen LogP contribution < -0.4 is 5.32 Å². The van der Waals surface area contributed by atoms with Gasteiger partial charge in [-0.3, -0.25) is 14.2 Å². The van der Waals surface area contributed by atoms with Crippen LogP contribution in [0.4, 0.5) is 0 Å². The first-order chi connectivity index (χ1) is 9.92. The number of carbonyl (C=O) groups is 1. The molecule has 6 nitrogen and oxygen atoms in total. The first-order valence-electron chi connectivity index (χ1n) is 6.96. The Bertz CT molecular complexity index is 633. The highest BCUT2D eigenvalue weighted by molar-refractivity contribution is 6.30. The molecule has 0 saturated carbocycles. The Balaban J connectivity index is 2.06. The Hall–Kier alpha value is -1.82. The third kappa shape index (κ3) is 3.44. The molecule has 0 aliphatic rings. The van der Waals surface area contributed by atoms with Crippen LogP contribution in [0.5, 0.6) is 0 Å². The molecule has 0 fully saturated rings. The SMILES string of the molecule is CCn1cc(C(C)NC(=O)C(C)n2cc(Cl)cn2)c(C)n1. The van der Waals surface area contributed by atoms with Crippen molar-refractivity contribution in [2.24, 2.45) is 0 Å². The van der Waals surface area contributed by atoms with E-state index < -0.39 is 6.04 Å². The van der Waals surface area contributed by atoms with Crippen molar-refractivity contribution < 1.29 is 4.79 Å². The molecule has 114 valence electrons. The molecule has 2 aromatic heterocycles. The van der Waals surface area contributed by atoms with Crippen LogP contribution >= 0.6 is 11.6 Å². The fourth-order valence-electron chi connectivity index (χ4n) is 2.18. The largest absolute Gasteiger partial charge is 0.348 e. The van der Waals surface area contributed by atoms with Crippen LogP contribution in [0, 0.1) is 6.92 Å². The van der Waals surface area contributed by atoms with Crippen molar-refractivity contribution in [1.29, 1.82) is 0 Å². The molecule has 7 heteroatoms. The number of amides is 1. The van der Waals surface area contributed by atoms with Crippen LogP contribution in [-0.2, 0) is 11.3 Å². The summed E-state index contributed by atoms with van der Waals surface area (Å²) in [6, 6.07) is -0.521. The van der Waals surface area contributed by atoms with Crippen LogP contribution in [0.25, 0.3) is 0 Å². The molecule has 21 heavy (non-hydrogen) atoms. The van der Waals surface area contributed by atoms with E-state index in [0.717, 1.165) is 17.8 Å². The Morgan fingerprint density at radius 3 is 2.67 bits per heavy atom. The van der Waals surface area contributed by atoms with Gasteiger partial charge in [0, 0.05) is 24.5 Å². The first-order valence-corrected chi connectivity index (χ1v) is 7.34. The standard InChI is InChI=1S/C14H20ClN5O/c1-5-19-8-13(10(3)18-19)9(2)17-14(21)11(4)20-7-12(15)6-16-20/h6-9,11H,5H2,1-4H3,(H,17,21). The number of nitrogens with one attached hydrogen (secondary N) is 1. The smallest absolute Gasteiger partial charge is 0.245 e. The minimum absolute atomic E-state index is 0.105. The number of nitrogens with zero attached hydrogens (tertiary/aromatic N) is 4. The number of aryl methyl sites for hydroxylation is 2. The Kier molecular flexibility index (Phi) is 4.67. The third-order valence-electron chi connectivity index (χ3n) is 3.48. The average Bonchev–Trinajstić information content (AvgIpc) is 3.03. The average molecular weight is 310 g/mol. The fraction of sp³-hybridized carbons (Fsp3) is 0.500. The van der Waals surface area contributed by atoms with E-state index in [2.05, 4.69) is 15.5 Å². The Morgan fingerprint density at radius 1 is 1.43 bits per heavy atom. The third-order valence-corrected chi connectivity index (χ3v) is 3.68. The molecule has 2 rings (SSSR count). The number of rotatable bonds is 5. The molecule has 0 aromatic carbocycles. The van der Waals surface area contributed by atoms with E-state index in [1.807, 2.05) is 31.6 Å². The van der Waals surface area contributed by atoms with Gasteiger partial charge < -0.3 is 5.32 Å². The van der Waals surface area contributed by atoms with Crippen LogP contribution in [0.1, 0.15) is 44.1 Å². The van der Waals surface area contributed by atoms with Crippen LogP contribution in [0.2, 0.25) is 5.02 Å². The predicted octanol–water partition coefficient (Wildman–Crippen LogP) is 2.50. The van der Waals surface area contributed by atoms with Gasteiger partial charge in [-0.1, -0.05) is 11.6 Å². The van der Waals surface area contributed by atoms with Crippen molar-refractivity contribution in [2.45, 2.75) is 46.3 Å². The molecule has 0 aliphatic heterocycles. The zero-order valence-electron chi connectivity index (χ0n) is 12.7. The lowest BCUT2D eigenvalue weighted by molar-refractivity contribution is -0.124. The van der Waals surface area contributed by atoms with E-state index >= 15 is 0 Å². The monoisotopic (exact) mass is 309 g/mol. The molecule has 0 bridgehead atoms. The van der Waals surface area contributed by atoms with E-state index in [1.54, 1.807) is 17.8 Å². The molecule has 0 spiro atoms. The summed E-state index contributed by atoms with van der Waals surface area (Å²) < 4.78 is 3.41. The zero-order chi connectivity index (χ0) is 15.6. The molecule has 2 heterocycles. The molecule has 2 aromatic rings. The van der Waals surface area contributed by atoms with Gasteiger partial charge in [0.1, 0.15) is 6.04 Å². The lowest BCUT2D eigenvalue weighted by Crippen LogP contribution is -2.33. The van der Waals surface area contributed by atoms with Gasteiger partial charge in [-0.05, 0) is 27.7 Å². The van der Waals surface area contributed by atoms with Gasteiger partial charge in [-0.25, -0.2) is 0 Å². The minimum atomic E-state index is -0.415. The molecular weight excluding hydrogens is 290 g/mol. The summed E-state index contributed by atoms with van der Waals surface area (Å²) in [4.78, 5) is 12.3. The Labute approximate surface area is 129 Å². The van der Waals surface area contributed by atoms with Crippen molar-refractivity contribution in [3.8, 4) is 0 Å². The quantitative estimate of drug-likeness (QED) is 0.923. The normalized spacial score (nSPS) is 14.0. The summed E-state index contributed by atoms with van der Waals surface area (Å²) in [5.74, 6) is -0.106. The van der Waals surface area contributed by atoms with Gasteiger partial charge >= 0.3 is 0 Å². The summed E-state index contributed by atoms with van der Waals surface area (Å²) in [5, 5.41) is 12.0. The van der Waals surface area contributed by atoms with Gasteiger partial charge in [-0.15, -0.1) is 0 Å². The van der Waals surface area contributed by atoms with E-state index in [1.165, 1.54) is 6.20 Å². The van der Waals surface area contributed by atoms with Crippen molar-refractivity contribution in [1.82, 2.24) is 24.9 Å². The second-order valence-electron chi connectivity index (χ2n) is 5.07. The number of hydrogen-bond donors (Lipinski definition) is 1. The summed E-state index contributed by atoms with van der Waals surface area (Å²) in [7, 11) is 0. The van der Waals surface area contributed by atoms with Gasteiger partial charge in [0.25, 0.3) is 0 Å². The van der Waals surface area contributed by atoms with Gasteiger partial charge in [0.2, 0.25) is 5.91 Å². The Morgan fingerprint density at radius 2 is 2.14 bits per heavy atom. The van der Waals surface area contributed by atoms with E-state index in [9.17, 15) is 4.79 Å². The molecular formula is C14H20ClN5O. The summed E-state index contributed by atoms with van der Waals surface area (Å²) >= 11 is 5.82. The first kappa shape index (κ1) is 15.6. The molecule has 0 aliphatic carbocycles. The van der Waals surface area contributed by atoms with Crippen molar-refractivity contribution in [3.63, 3.8) is 0 Å². The highest BCUT2D eigenvalue weighted by atomic mass is 35.5. The van der Waals surface area contributed by atoms with E-state index in [4.69, 9.17) is 11.6 Å². The molecule has 0 saturated heterocycles. The maximum atomic E-state index is 12.3. The minimum Gasteiger partial charge on any atom is -0.348 e. The maximum Gasteiger partial charge on any atom is 0.245 e.